The lowest BCUT2D eigenvalue weighted by Crippen LogP contribution is -2.08. The van der Waals surface area contributed by atoms with Crippen molar-refractivity contribution in [2.75, 3.05) is 12.4 Å². The molecule has 5 nitrogen and oxygen atoms in total. The highest BCUT2D eigenvalue weighted by Crippen LogP contribution is 2.16. The van der Waals surface area contributed by atoms with Crippen molar-refractivity contribution in [1.29, 1.82) is 0 Å². The average molecular weight is 313 g/mol. The van der Waals surface area contributed by atoms with E-state index in [1.807, 2.05) is 37.3 Å². The Hall–Kier alpha value is -1.40. The summed E-state index contributed by atoms with van der Waals surface area (Å²) in [5, 5.41) is 8.73. The summed E-state index contributed by atoms with van der Waals surface area (Å²) >= 11 is 0. The van der Waals surface area contributed by atoms with Crippen LogP contribution >= 0.6 is 0 Å². The standard InChI is InChI=1S/C15H23NO4S/c1-12(7-6-10-17)11-21(19)16-15(18)20-13(2)14-8-4-3-5-9-14/h3-5,8-9,12-13,17,21H,6-7,10-11H2,1-2H3/t12-,13-/m0/s1. The van der Waals surface area contributed by atoms with Crippen molar-refractivity contribution in [2.24, 2.45) is 10.3 Å². The van der Waals surface area contributed by atoms with Gasteiger partial charge in [-0.2, -0.15) is 0 Å². The van der Waals surface area contributed by atoms with Crippen molar-refractivity contribution in [3.05, 3.63) is 35.9 Å². The molecule has 0 aliphatic rings. The Labute approximate surface area is 127 Å². The first kappa shape index (κ1) is 17.7. The van der Waals surface area contributed by atoms with Gasteiger partial charge in [0.2, 0.25) is 0 Å². The molecule has 0 bridgehead atoms. The zero-order valence-electron chi connectivity index (χ0n) is 12.4. The van der Waals surface area contributed by atoms with Gasteiger partial charge in [-0.3, -0.25) is 4.21 Å². The van der Waals surface area contributed by atoms with Gasteiger partial charge in [0.1, 0.15) is 6.10 Å². The molecule has 118 valence electrons. The summed E-state index contributed by atoms with van der Waals surface area (Å²) < 4.78 is 20.5. The van der Waals surface area contributed by atoms with Crippen LogP contribution in [0.3, 0.4) is 0 Å². The Morgan fingerprint density at radius 3 is 2.62 bits per heavy atom. The molecule has 6 heteroatoms. The first-order chi connectivity index (χ1) is 10.0. The Morgan fingerprint density at radius 2 is 2.00 bits per heavy atom. The summed E-state index contributed by atoms with van der Waals surface area (Å²) in [4.78, 5) is 11.6. The maximum Gasteiger partial charge on any atom is 0.442 e. The molecule has 0 fully saturated rings. The number of carbonyl (C=O) groups excluding carboxylic acids is 1. The van der Waals surface area contributed by atoms with Gasteiger partial charge in [0, 0.05) is 23.0 Å². The van der Waals surface area contributed by atoms with Crippen LogP contribution in [0.15, 0.2) is 34.7 Å². The lowest BCUT2D eigenvalue weighted by Gasteiger charge is -2.11. The number of hydrogen-bond donors (Lipinski definition) is 2. The normalized spacial score (nSPS) is 15.4. The van der Waals surface area contributed by atoms with Gasteiger partial charge >= 0.3 is 6.09 Å². The number of amides is 1. The molecule has 0 aliphatic heterocycles. The van der Waals surface area contributed by atoms with Crippen LogP contribution in [-0.4, -0.2) is 27.8 Å². The smallest absolute Gasteiger partial charge is 0.440 e. The van der Waals surface area contributed by atoms with E-state index >= 15 is 0 Å². The highest BCUT2D eigenvalue weighted by atomic mass is 32.2. The van der Waals surface area contributed by atoms with Gasteiger partial charge in [-0.1, -0.05) is 37.3 Å². The summed E-state index contributed by atoms with van der Waals surface area (Å²) in [6, 6.07) is 9.32. The second-order valence-electron chi connectivity index (χ2n) is 5.04. The third-order valence-electron chi connectivity index (χ3n) is 3.06. The van der Waals surface area contributed by atoms with E-state index in [1.165, 1.54) is 0 Å². The second-order valence-corrected chi connectivity index (χ2v) is 6.31. The molecular formula is C15H23NO4S. The monoisotopic (exact) mass is 313 g/mol. The Kier molecular flexibility index (Phi) is 8.00. The second kappa shape index (κ2) is 9.52. The first-order valence-electron chi connectivity index (χ1n) is 7.05. The van der Waals surface area contributed by atoms with Crippen LogP contribution < -0.4 is 0 Å². The van der Waals surface area contributed by atoms with Gasteiger partial charge in [-0.05, 0) is 31.2 Å². The molecule has 1 N–H and O–H groups in total. The van der Waals surface area contributed by atoms with Crippen LogP contribution in [-0.2, 0) is 15.3 Å². The molecule has 1 rings (SSSR count). The molecule has 1 aromatic rings. The topological polar surface area (TPSA) is 76.0 Å². The number of ether oxygens (including phenoxy) is 1. The Morgan fingerprint density at radius 1 is 1.33 bits per heavy atom. The summed E-state index contributed by atoms with van der Waals surface area (Å²) in [6.45, 7) is 3.80. The molecule has 1 unspecified atom stereocenters. The van der Waals surface area contributed by atoms with E-state index in [4.69, 9.17) is 9.84 Å². The van der Waals surface area contributed by atoms with Crippen molar-refractivity contribution in [2.45, 2.75) is 32.8 Å². The molecule has 0 radical (unpaired) electrons. The lowest BCUT2D eigenvalue weighted by molar-refractivity contribution is 0.117. The number of benzene rings is 1. The Bertz CT molecular complexity index is 512. The molecular weight excluding hydrogens is 290 g/mol. The number of aliphatic hydroxyl groups excluding tert-OH is 1. The quantitative estimate of drug-likeness (QED) is 0.759. The maximum atomic E-state index is 11.8. The molecule has 0 spiro atoms. The number of thiol groups is 1. The third-order valence-corrected chi connectivity index (χ3v) is 4.38. The molecule has 0 heterocycles. The van der Waals surface area contributed by atoms with Crippen LogP contribution in [0.2, 0.25) is 0 Å². The van der Waals surface area contributed by atoms with Crippen LogP contribution in [0.5, 0.6) is 0 Å². The summed E-state index contributed by atoms with van der Waals surface area (Å²) in [7, 11) is -1.96. The number of rotatable bonds is 7. The lowest BCUT2D eigenvalue weighted by atomic mass is 10.1. The van der Waals surface area contributed by atoms with Gasteiger partial charge in [0.05, 0.1) is 0 Å². The van der Waals surface area contributed by atoms with E-state index in [1.54, 1.807) is 6.92 Å². The number of nitrogens with zero attached hydrogens (tertiary/aromatic N) is 1. The first-order valence-corrected chi connectivity index (χ1v) is 8.45. The van der Waals surface area contributed by atoms with Gasteiger partial charge in [0.25, 0.3) is 0 Å². The zero-order valence-corrected chi connectivity index (χ0v) is 13.3. The van der Waals surface area contributed by atoms with Gasteiger partial charge in [0.15, 0.2) is 0 Å². The summed E-state index contributed by atoms with van der Waals surface area (Å²) in [5.41, 5.74) is 0.868. The van der Waals surface area contributed by atoms with Crippen molar-refractivity contribution >= 4 is 16.7 Å². The van der Waals surface area contributed by atoms with E-state index in [-0.39, 0.29) is 12.5 Å². The van der Waals surface area contributed by atoms with Crippen molar-refractivity contribution in [3.8, 4) is 0 Å². The van der Waals surface area contributed by atoms with Crippen LogP contribution in [0, 0.1) is 5.92 Å². The molecule has 0 aliphatic carbocycles. The van der Waals surface area contributed by atoms with Crippen molar-refractivity contribution in [3.63, 3.8) is 0 Å². The molecule has 1 aromatic carbocycles. The molecule has 21 heavy (non-hydrogen) atoms. The summed E-state index contributed by atoms with van der Waals surface area (Å²) in [6.07, 6.45) is 0.224. The summed E-state index contributed by atoms with van der Waals surface area (Å²) in [5.74, 6) is 0.494. The van der Waals surface area contributed by atoms with Crippen LogP contribution in [0.4, 0.5) is 4.79 Å². The maximum absolute atomic E-state index is 11.8. The van der Waals surface area contributed by atoms with E-state index in [2.05, 4.69) is 4.36 Å². The number of hydrogen-bond acceptors (Lipinski definition) is 4. The van der Waals surface area contributed by atoms with E-state index in [9.17, 15) is 9.00 Å². The minimum atomic E-state index is -1.96. The molecule has 0 saturated carbocycles. The van der Waals surface area contributed by atoms with E-state index in [0.29, 0.717) is 12.2 Å². The minimum Gasteiger partial charge on any atom is -0.440 e. The van der Waals surface area contributed by atoms with Gasteiger partial charge in [-0.25, -0.2) is 4.79 Å². The van der Waals surface area contributed by atoms with Gasteiger partial charge < -0.3 is 9.84 Å². The van der Waals surface area contributed by atoms with Gasteiger partial charge in [-0.15, -0.1) is 4.36 Å². The van der Waals surface area contributed by atoms with Crippen molar-refractivity contribution in [1.82, 2.24) is 0 Å². The number of aliphatic hydroxyl groups is 1. The fraction of sp³-hybridized carbons (Fsp3) is 0.533. The third kappa shape index (κ3) is 7.24. The Balaban J connectivity index is 2.48. The molecule has 0 aromatic heterocycles. The highest BCUT2D eigenvalue weighted by Gasteiger charge is 2.11. The van der Waals surface area contributed by atoms with Crippen LogP contribution in [0.1, 0.15) is 38.4 Å². The molecule has 1 amide bonds. The minimum absolute atomic E-state index is 0.120. The SMILES string of the molecule is C[C@@H](CCCO)C/[SH](=O)=N/C(=O)O[C@@H](C)c1ccccc1. The highest BCUT2D eigenvalue weighted by molar-refractivity contribution is 7.75. The predicted octanol–water partition coefficient (Wildman–Crippen LogP) is 2.96. The van der Waals surface area contributed by atoms with E-state index in [0.717, 1.165) is 12.0 Å². The van der Waals surface area contributed by atoms with Crippen LogP contribution in [0.25, 0.3) is 0 Å². The van der Waals surface area contributed by atoms with E-state index < -0.39 is 22.8 Å². The average Bonchev–Trinajstić information content (AvgIpc) is 2.45. The fourth-order valence-corrected chi connectivity index (χ4v) is 2.92. The predicted molar refractivity (Wildman–Crippen MR) is 83.7 cm³/mol. The fourth-order valence-electron chi connectivity index (χ4n) is 1.90. The number of carbonyl (C=O) groups is 1. The molecule has 3 atom stereocenters. The molecule has 0 saturated heterocycles. The zero-order chi connectivity index (χ0) is 15.7. The van der Waals surface area contributed by atoms with Crippen molar-refractivity contribution < 1.29 is 18.8 Å². The largest absolute Gasteiger partial charge is 0.442 e.